The van der Waals surface area contributed by atoms with Gasteiger partial charge in [0.15, 0.2) is 0 Å². The number of halogens is 2. The lowest BCUT2D eigenvalue weighted by molar-refractivity contribution is -0.121. The Labute approximate surface area is 167 Å². The second kappa shape index (κ2) is 8.86. The van der Waals surface area contributed by atoms with E-state index in [1.807, 2.05) is 13.8 Å². The quantitative estimate of drug-likeness (QED) is 0.631. The topological polar surface area (TPSA) is 64.4 Å². The van der Waals surface area contributed by atoms with Gasteiger partial charge < -0.3 is 14.6 Å². The van der Waals surface area contributed by atoms with Crippen molar-refractivity contribution in [2.24, 2.45) is 0 Å². The average molecular weight is 400 g/mol. The van der Waals surface area contributed by atoms with Gasteiger partial charge >= 0.3 is 0 Å². The number of carbonyl (C=O) groups is 1. The van der Waals surface area contributed by atoms with Crippen molar-refractivity contribution in [1.82, 2.24) is 10.5 Å². The van der Waals surface area contributed by atoms with Gasteiger partial charge in [-0.05, 0) is 44.5 Å². The molecule has 0 aliphatic heterocycles. The number of hydrogen-bond acceptors (Lipinski definition) is 4. The van der Waals surface area contributed by atoms with Crippen LogP contribution in [0.15, 0.2) is 47.0 Å². The van der Waals surface area contributed by atoms with Crippen LogP contribution in [-0.2, 0) is 17.8 Å². The van der Waals surface area contributed by atoms with Gasteiger partial charge in [0.25, 0.3) is 0 Å². The summed E-state index contributed by atoms with van der Waals surface area (Å²) in [6, 6.07) is 9.90. The highest BCUT2D eigenvalue weighted by Crippen LogP contribution is 2.20. The molecule has 1 N–H and O–H groups in total. The first-order chi connectivity index (χ1) is 13.8. The van der Waals surface area contributed by atoms with Gasteiger partial charge in [-0.3, -0.25) is 4.79 Å². The zero-order valence-electron chi connectivity index (χ0n) is 16.5. The van der Waals surface area contributed by atoms with Gasteiger partial charge in [-0.25, -0.2) is 8.78 Å². The molecule has 0 radical (unpaired) electrons. The molecule has 0 bridgehead atoms. The molecule has 29 heavy (non-hydrogen) atoms. The predicted molar refractivity (Wildman–Crippen MR) is 103 cm³/mol. The molecule has 2 aromatic carbocycles. The van der Waals surface area contributed by atoms with E-state index in [4.69, 9.17) is 9.26 Å². The number of ether oxygens (including phenoxy) is 1. The maximum Gasteiger partial charge on any atom is 0.224 e. The summed E-state index contributed by atoms with van der Waals surface area (Å²) in [5, 5.41) is 6.61. The molecule has 1 unspecified atom stereocenters. The molecule has 0 fully saturated rings. The summed E-state index contributed by atoms with van der Waals surface area (Å²) in [5.74, 6) is -0.205. The van der Waals surface area contributed by atoms with Crippen LogP contribution in [0.25, 0.3) is 0 Å². The highest BCUT2D eigenvalue weighted by molar-refractivity contribution is 5.79. The molecular formula is C22H22F2N2O3. The van der Waals surface area contributed by atoms with Gasteiger partial charge in [0, 0.05) is 11.6 Å². The zero-order chi connectivity index (χ0) is 21.0. The fourth-order valence-electron chi connectivity index (χ4n) is 2.98. The van der Waals surface area contributed by atoms with Crippen molar-refractivity contribution in [1.29, 1.82) is 0 Å². The van der Waals surface area contributed by atoms with E-state index in [0.717, 1.165) is 28.6 Å². The molecule has 152 valence electrons. The van der Waals surface area contributed by atoms with E-state index in [9.17, 15) is 13.6 Å². The maximum atomic E-state index is 13.8. The molecule has 0 aliphatic carbocycles. The molecule has 0 aliphatic rings. The van der Waals surface area contributed by atoms with Gasteiger partial charge in [-0.2, -0.15) is 0 Å². The number of aromatic nitrogens is 1. The van der Waals surface area contributed by atoms with Crippen LogP contribution in [0.1, 0.15) is 41.1 Å². The number of amides is 1. The van der Waals surface area contributed by atoms with Gasteiger partial charge in [0.2, 0.25) is 5.91 Å². The van der Waals surface area contributed by atoms with Crippen molar-refractivity contribution in [3.8, 4) is 5.75 Å². The third-order valence-electron chi connectivity index (χ3n) is 4.66. The summed E-state index contributed by atoms with van der Waals surface area (Å²) in [7, 11) is 0. The Morgan fingerprint density at radius 1 is 1.17 bits per heavy atom. The molecule has 3 aromatic rings. The largest absolute Gasteiger partial charge is 0.489 e. The molecular weight excluding hydrogens is 378 g/mol. The van der Waals surface area contributed by atoms with E-state index in [2.05, 4.69) is 10.5 Å². The minimum atomic E-state index is -0.683. The Balaban J connectivity index is 1.54. The lowest BCUT2D eigenvalue weighted by Crippen LogP contribution is -2.28. The number of nitrogens with one attached hydrogen (secondary N) is 1. The summed E-state index contributed by atoms with van der Waals surface area (Å²) in [6.45, 7) is 5.69. The standard InChI is InChI=1S/C22H22F2N2O3/c1-13(19-9-6-17(23)11-21(19)24)25-22(27)10-16-4-7-18(8-5-16)28-12-20-14(2)26-29-15(20)3/h4-9,11,13H,10,12H2,1-3H3,(H,25,27). The van der Waals surface area contributed by atoms with E-state index in [0.29, 0.717) is 12.4 Å². The van der Waals surface area contributed by atoms with Gasteiger partial charge in [-0.15, -0.1) is 0 Å². The van der Waals surface area contributed by atoms with E-state index in [1.54, 1.807) is 31.2 Å². The van der Waals surface area contributed by atoms with Crippen molar-refractivity contribution in [3.05, 3.63) is 82.2 Å². The average Bonchev–Trinajstić information content (AvgIpc) is 2.98. The van der Waals surface area contributed by atoms with E-state index in [1.165, 1.54) is 12.1 Å². The summed E-state index contributed by atoms with van der Waals surface area (Å²) < 4.78 is 37.7. The molecule has 0 saturated carbocycles. The van der Waals surface area contributed by atoms with Crippen molar-refractivity contribution in [3.63, 3.8) is 0 Å². The molecule has 1 aromatic heterocycles. The third-order valence-corrected chi connectivity index (χ3v) is 4.66. The number of aryl methyl sites for hydroxylation is 2. The SMILES string of the molecule is Cc1noc(C)c1COc1ccc(CC(=O)NC(C)c2ccc(F)cc2F)cc1. The lowest BCUT2D eigenvalue weighted by Gasteiger charge is -2.15. The second-order valence-electron chi connectivity index (χ2n) is 6.87. The van der Waals surface area contributed by atoms with Crippen molar-refractivity contribution in [2.45, 2.75) is 39.8 Å². The second-order valence-corrected chi connectivity index (χ2v) is 6.87. The van der Waals surface area contributed by atoms with E-state index >= 15 is 0 Å². The number of carbonyl (C=O) groups excluding carboxylic acids is 1. The minimum absolute atomic E-state index is 0.136. The van der Waals surface area contributed by atoms with Crippen LogP contribution in [-0.4, -0.2) is 11.1 Å². The van der Waals surface area contributed by atoms with Crippen LogP contribution in [0, 0.1) is 25.5 Å². The fraction of sp³-hybridized carbons (Fsp3) is 0.273. The summed E-state index contributed by atoms with van der Waals surface area (Å²) in [6.07, 6.45) is 0.136. The zero-order valence-corrected chi connectivity index (χ0v) is 16.5. The monoisotopic (exact) mass is 400 g/mol. The molecule has 3 rings (SSSR count). The smallest absolute Gasteiger partial charge is 0.224 e. The normalized spacial score (nSPS) is 11.9. The molecule has 0 saturated heterocycles. The maximum absolute atomic E-state index is 13.8. The highest BCUT2D eigenvalue weighted by atomic mass is 19.1. The molecule has 5 nitrogen and oxygen atoms in total. The van der Waals surface area contributed by atoms with E-state index in [-0.39, 0.29) is 17.9 Å². The Kier molecular flexibility index (Phi) is 6.26. The van der Waals surface area contributed by atoms with Crippen LogP contribution >= 0.6 is 0 Å². The molecule has 7 heteroatoms. The first-order valence-electron chi connectivity index (χ1n) is 9.21. The molecule has 1 heterocycles. The Bertz CT molecular complexity index is 980. The number of benzene rings is 2. The van der Waals surface area contributed by atoms with Crippen molar-refractivity contribution < 1.29 is 22.8 Å². The highest BCUT2D eigenvalue weighted by Gasteiger charge is 2.15. The fourth-order valence-corrected chi connectivity index (χ4v) is 2.98. The Morgan fingerprint density at radius 3 is 2.52 bits per heavy atom. The van der Waals surface area contributed by atoms with Crippen LogP contribution in [0.3, 0.4) is 0 Å². The Morgan fingerprint density at radius 2 is 1.90 bits per heavy atom. The van der Waals surface area contributed by atoms with Crippen LogP contribution in [0.2, 0.25) is 0 Å². The predicted octanol–water partition coefficient (Wildman–Crippen LogP) is 4.57. The summed E-state index contributed by atoms with van der Waals surface area (Å²) in [4.78, 5) is 12.3. The van der Waals surface area contributed by atoms with Crippen molar-refractivity contribution in [2.75, 3.05) is 0 Å². The molecule has 1 atom stereocenters. The van der Waals surface area contributed by atoms with Gasteiger partial charge in [0.1, 0.15) is 29.8 Å². The first-order valence-corrected chi connectivity index (χ1v) is 9.21. The minimum Gasteiger partial charge on any atom is -0.489 e. The number of nitrogens with zero attached hydrogens (tertiary/aromatic N) is 1. The number of rotatable bonds is 7. The Hall–Kier alpha value is -3.22. The van der Waals surface area contributed by atoms with E-state index < -0.39 is 17.7 Å². The number of hydrogen-bond donors (Lipinski definition) is 1. The van der Waals surface area contributed by atoms with Crippen LogP contribution in [0.4, 0.5) is 8.78 Å². The van der Waals surface area contributed by atoms with Gasteiger partial charge in [-0.1, -0.05) is 23.4 Å². The third kappa shape index (κ3) is 5.19. The first kappa shape index (κ1) is 20.5. The summed E-state index contributed by atoms with van der Waals surface area (Å²) >= 11 is 0. The van der Waals surface area contributed by atoms with Crippen LogP contribution < -0.4 is 10.1 Å². The van der Waals surface area contributed by atoms with Crippen LogP contribution in [0.5, 0.6) is 5.75 Å². The molecule has 0 spiro atoms. The van der Waals surface area contributed by atoms with Crippen molar-refractivity contribution >= 4 is 5.91 Å². The van der Waals surface area contributed by atoms with Gasteiger partial charge in [0.05, 0.1) is 23.7 Å². The lowest BCUT2D eigenvalue weighted by atomic mass is 10.1. The molecule has 1 amide bonds. The summed E-state index contributed by atoms with van der Waals surface area (Å²) in [5.41, 5.74) is 2.74.